The molecule has 0 saturated heterocycles. The molecule has 4 rings (SSSR count). The van der Waals surface area contributed by atoms with Gasteiger partial charge < -0.3 is 0 Å². The third-order valence-corrected chi connectivity index (χ3v) is 7.26. The van der Waals surface area contributed by atoms with Crippen LogP contribution in [0.25, 0.3) is 22.3 Å². The van der Waals surface area contributed by atoms with E-state index in [0.717, 1.165) is 54.4 Å². The molecule has 0 atom stereocenters. The van der Waals surface area contributed by atoms with Gasteiger partial charge in [-0.25, -0.2) is 9.59 Å². The molecule has 44 heavy (non-hydrogen) atoms. The number of unbranched alkanes of at least 4 members (excludes halogenated alkanes) is 8. The van der Waals surface area contributed by atoms with Crippen molar-refractivity contribution in [1.82, 2.24) is 0 Å². The normalized spacial score (nSPS) is 11.0. The van der Waals surface area contributed by atoms with Gasteiger partial charge in [0.05, 0.1) is 11.1 Å². The van der Waals surface area contributed by atoms with Crippen molar-refractivity contribution in [2.45, 2.75) is 64.2 Å². The molecular weight excluding hydrogens is 552 g/mol. The number of carbonyl (C=O) groups excluding carboxylic acids is 2. The maximum atomic E-state index is 12.7. The van der Waals surface area contributed by atoms with Crippen LogP contribution in [0.2, 0.25) is 0 Å². The molecule has 0 fully saturated rings. The minimum absolute atomic E-state index is 0.0936. The maximum absolute atomic E-state index is 12.7. The Kier molecular flexibility index (Phi) is 13.7. The zero-order valence-corrected chi connectivity index (χ0v) is 25.1. The predicted octanol–water partition coefficient (Wildman–Crippen LogP) is 10.1. The lowest BCUT2D eigenvalue weighted by Crippen LogP contribution is -2.16. The Labute approximate surface area is 260 Å². The van der Waals surface area contributed by atoms with E-state index in [-0.39, 0.29) is 6.29 Å². The van der Waals surface area contributed by atoms with Crippen LogP contribution in [0.4, 0.5) is 0 Å². The highest BCUT2D eigenvalue weighted by molar-refractivity contribution is 5.90. The summed E-state index contributed by atoms with van der Waals surface area (Å²) in [5.41, 5.74) is 4.68. The zero-order valence-electron chi connectivity index (χ0n) is 25.1. The second-order valence-corrected chi connectivity index (χ2v) is 10.6. The molecule has 228 valence electrons. The molecule has 0 bridgehead atoms. The van der Waals surface area contributed by atoms with Gasteiger partial charge in [-0.3, -0.25) is 9.78 Å². The van der Waals surface area contributed by atoms with E-state index in [4.69, 9.17) is 19.6 Å². The van der Waals surface area contributed by atoms with Crippen molar-refractivity contribution < 1.29 is 29.1 Å². The minimum atomic E-state index is -0.684. The fourth-order valence-corrected chi connectivity index (χ4v) is 4.73. The van der Waals surface area contributed by atoms with E-state index in [9.17, 15) is 9.59 Å². The molecule has 0 N–H and O–H groups in total. The SMILES string of the molecule is [CH2]CCCCCCCCCC[C](OOC(=O)c1ccc(-c2ccccc2)cc1)OOC(=O)c1ccc(-c2ccccc2)cc1. The van der Waals surface area contributed by atoms with Crippen LogP contribution in [0.3, 0.4) is 0 Å². The van der Waals surface area contributed by atoms with Gasteiger partial charge >= 0.3 is 18.2 Å². The summed E-state index contributed by atoms with van der Waals surface area (Å²) in [6.07, 6.45) is 9.92. The van der Waals surface area contributed by atoms with E-state index in [0.29, 0.717) is 17.5 Å². The van der Waals surface area contributed by atoms with Crippen LogP contribution >= 0.6 is 0 Å². The predicted molar refractivity (Wildman–Crippen MR) is 172 cm³/mol. The topological polar surface area (TPSA) is 71.1 Å². The molecule has 6 heteroatoms. The van der Waals surface area contributed by atoms with Crippen molar-refractivity contribution in [3.8, 4) is 22.3 Å². The first kappa shape index (κ1) is 32.6. The lowest BCUT2D eigenvalue weighted by molar-refractivity contribution is -0.363. The summed E-state index contributed by atoms with van der Waals surface area (Å²) in [6, 6.07) is 33.8. The van der Waals surface area contributed by atoms with Gasteiger partial charge in [0.1, 0.15) is 0 Å². The Morgan fingerprint density at radius 3 is 1.20 bits per heavy atom. The first-order valence-corrected chi connectivity index (χ1v) is 15.4. The summed E-state index contributed by atoms with van der Waals surface area (Å²) in [7, 11) is 0. The van der Waals surface area contributed by atoms with Crippen molar-refractivity contribution in [2.24, 2.45) is 0 Å². The number of rotatable bonds is 18. The van der Waals surface area contributed by atoms with E-state index in [2.05, 4.69) is 6.92 Å². The third kappa shape index (κ3) is 10.8. The molecule has 0 aromatic heterocycles. The van der Waals surface area contributed by atoms with Gasteiger partial charge in [0.15, 0.2) is 0 Å². The minimum Gasteiger partial charge on any atom is -0.289 e. The average Bonchev–Trinajstić information content (AvgIpc) is 3.09. The highest BCUT2D eigenvalue weighted by atomic mass is 17.3. The van der Waals surface area contributed by atoms with Crippen molar-refractivity contribution in [2.75, 3.05) is 0 Å². The molecule has 0 unspecified atom stereocenters. The van der Waals surface area contributed by atoms with E-state index < -0.39 is 11.9 Å². The van der Waals surface area contributed by atoms with Crippen molar-refractivity contribution in [3.05, 3.63) is 134 Å². The molecule has 2 radical (unpaired) electrons. The Hall–Kier alpha value is -4.26. The molecule has 0 aliphatic heterocycles. The monoisotopic (exact) mass is 592 g/mol. The molecule has 4 aromatic rings. The Balaban J connectivity index is 1.28. The van der Waals surface area contributed by atoms with Crippen molar-refractivity contribution in [1.29, 1.82) is 0 Å². The summed E-state index contributed by atoms with van der Waals surface area (Å²) < 4.78 is 0. The van der Waals surface area contributed by atoms with E-state index in [1.165, 1.54) is 25.7 Å². The standard InChI is InChI=1S/C38H40O6/c1-2-3-4-5-6-7-8-9-16-21-36(41-43-37(39)34-26-22-32(23-27-34)30-17-12-10-13-18-30)42-44-38(40)35-28-24-33(25-29-35)31-19-14-11-15-20-31/h10-15,17-20,22-29H,1-9,16,21H2. The molecule has 0 saturated carbocycles. The fourth-order valence-electron chi connectivity index (χ4n) is 4.73. The van der Waals surface area contributed by atoms with Crippen LogP contribution in [0.1, 0.15) is 84.9 Å². The van der Waals surface area contributed by atoms with Gasteiger partial charge in [-0.1, -0.05) is 143 Å². The summed E-state index contributed by atoms with van der Waals surface area (Å²) in [6.45, 7) is 3.89. The first-order chi connectivity index (χ1) is 21.6. The van der Waals surface area contributed by atoms with Crippen molar-refractivity contribution >= 4 is 11.9 Å². The van der Waals surface area contributed by atoms with E-state index in [1.54, 1.807) is 24.3 Å². The molecule has 0 aliphatic carbocycles. The largest absolute Gasteiger partial charge is 0.373 e. The van der Waals surface area contributed by atoms with Crippen LogP contribution in [-0.2, 0) is 19.6 Å². The highest BCUT2D eigenvalue weighted by Gasteiger charge is 2.21. The number of hydrogen-bond acceptors (Lipinski definition) is 6. The second kappa shape index (κ2) is 18.4. The summed E-state index contributed by atoms with van der Waals surface area (Å²) in [4.78, 5) is 46.1. The molecule has 0 amide bonds. The summed E-state index contributed by atoms with van der Waals surface area (Å²) in [5, 5.41) is 0. The Bertz CT molecular complexity index is 1290. The van der Waals surface area contributed by atoms with Gasteiger partial charge in [-0.15, -0.1) is 9.78 Å². The molecular formula is C38H40O6. The maximum Gasteiger partial charge on any atom is 0.373 e. The average molecular weight is 593 g/mol. The number of benzene rings is 4. The van der Waals surface area contributed by atoms with Crippen LogP contribution in [0.15, 0.2) is 109 Å². The number of hydrogen-bond donors (Lipinski definition) is 0. The van der Waals surface area contributed by atoms with Gasteiger partial charge in [0, 0.05) is 6.42 Å². The first-order valence-electron chi connectivity index (χ1n) is 15.4. The second-order valence-electron chi connectivity index (χ2n) is 10.6. The summed E-state index contributed by atoms with van der Waals surface area (Å²) in [5.74, 6) is -1.37. The Morgan fingerprint density at radius 2 is 0.795 bits per heavy atom. The zero-order chi connectivity index (χ0) is 30.8. The smallest absolute Gasteiger partial charge is 0.289 e. The number of carbonyl (C=O) groups is 2. The summed E-state index contributed by atoms with van der Waals surface area (Å²) >= 11 is 0. The molecule has 4 aromatic carbocycles. The van der Waals surface area contributed by atoms with Crippen LogP contribution in [0.5, 0.6) is 0 Å². The lowest BCUT2D eigenvalue weighted by Gasteiger charge is -2.14. The highest BCUT2D eigenvalue weighted by Crippen LogP contribution is 2.23. The van der Waals surface area contributed by atoms with Crippen LogP contribution in [0, 0.1) is 13.2 Å². The van der Waals surface area contributed by atoms with Gasteiger partial charge in [0.25, 0.3) is 0 Å². The van der Waals surface area contributed by atoms with Gasteiger partial charge in [-0.05, 0) is 52.9 Å². The fraction of sp³-hybridized carbons (Fsp3) is 0.263. The molecule has 0 aliphatic rings. The van der Waals surface area contributed by atoms with Crippen molar-refractivity contribution in [3.63, 3.8) is 0 Å². The van der Waals surface area contributed by atoms with Gasteiger partial charge in [-0.2, -0.15) is 0 Å². The Morgan fingerprint density at radius 1 is 0.432 bits per heavy atom. The molecule has 0 spiro atoms. The van der Waals surface area contributed by atoms with Crippen LogP contribution < -0.4 is 0 Å². The third-order valence-electron chi connectivity index (χ3n) is 7.26. The van der Waals surface area contributed by atoms with Gasteiger partial charge in [0.2, 0.25) is 0 Å². The van der Waals surface area contributed by atoms with E-state index in [1.807, 2.05) is 84.9 Å². The van der Waals surface area contributed by atoms with Crippen LogP contribution in [-0.4, -0.2) is 11.9 Å². The molecule has 0 heterocycles. The van der Waals surface area contributed by atoms with E-state index >= 15 is 0 Å². The molecule has 6 nitrogen and oxygen atoms in total. The lowest BCUT2D eigenvalue weighted by atomic mass is 10.0. The quantitative estimate of drug-likeness (QED) is 0.0650.